The van der Waals surface area contributed by atoms with Gasteiger partial charge in [0.05, 0.1) is 44.2 Å². The van der Waals surface area contributed by atoms with Crippen LogP contribution in [0.4, 0.5) is 0 Å². The molecule has 47 heavy (non-hydrogen) atoms. The Hall–Kier alpha value is -2.93. The standard InChI is InChI=1S/C35H45NO11/c1-7-36-14-33-15-44-29-27-31(36)35(30(29)33,25(43-6)12-24(33)46-17(3)38)20-11-19-23(45-16(2)37)13-34(27,40)26(20)28(19)47-32(39)18-8-9-21(41-4)22(10-18)42-5/h8-10,19-20,23-31,40H,7,11-15H2,1-6H3/t19-,20-,23+,24-,25+,26-,27-,28+,29+,30-,31?,33+,34-,35+/m1/s1. The molecular weight excluding hydrogens is 610 g/mol. The van der Waals surface area contributed by atoms with E-state index in [2.05, 4.69) is 11.8 Å². The number of rotatable bonds is 8. The van der Waals surface area contributed by atoms with Crippen LogP contribution in [-0.4, -0.2) is 111 Å². The first-order valence-electron chi connectivity index (χ1n) is 16.9. The Morgan fingerprint density at radius 3 is 2.38 bits per heavy atom. The molecule has 0 radical (unpaired) electrons. The summed E-state index contributed by atoms with van der Waals surface area (Å²) in [5, 5.41) is 13.3. The predicted octanol–water partition coefficient (Wildman–Crippen LogP) is 2.23. The first-order valence-corrected chi connectivity index (χ1v) is 16.9. The first kappa shape index (κ1) is 31.3. The van der Waals surface area contributed by atoms with Crippen LogP contribution in [-0.2, 0) is 33.3 Å². The third-order valence-corrected chi connectivity index (χ3v) is 13.5. The Kier molecular flexibility index (Phi) is 7.02. The molecule has 12 nitrogen and oxygen atoms in total. The van der Waals surface area contributed by atoms with E-state index >= 15 is 0 Å². The number of aliphatic hydroxyl groups is 1. The maximum atomic E-state index is 13.9. The van der Waals surface area contributed by atoms with Gasteiger partial charge >= 0.3 is 17.9 Å². The molecule has 0 aromatic heterocycles. The number of esters is 3. The van der Waals surface area contributed by atoms with Gasteiger partial charge in [0, 0.05) is 80.9 Å². The van der Waals surface area contributed by atoms with Gasteiger partial charge in [-0.2, -0.15) is 0 Å². The van der Waals surface area contributed by atoms with E-state index in [9.17, 15) is 19.5 Å². The van der Waals surface area contributed by atoms with Gasteiger partial charge < -0.3 is 38.3 Å². The maximum absolute atomic E-state index is 13.9. The van der Waals surface area contributed by atoms with Crippen molar-refractivity contribution in [2.75, 3.05) is 41.0 Å². The Morgan fingerprint density at radius 2 is 1.72 bits per heavy atom. The van der Waals surface area contributed by atoms with Crippen LogP contribution in [0.5, 0.6) is 11.5 Å². The number of carbonyl (C=O) groups excluding carboxylic acids is 3. The zero-order chi connectivity index (χ0) is 33.2. The van der Waals surface area contributed by atoms with Crippen LogP contribution in [0, 0.1) is 40.4 Å². The molecule has 2 aliphatic heterocycles. The normalized spacial score (nSPS) is 46.5. The second-order valence-electron chi connectivity index (χ2n) is 14.9. The molecule has 1 spiro atoms. The first-order chi connectivity index (χ1) is 22.5. The number of ether oxygens (including phenoxy) is 7. The monoisotopic (exact) mass is 655 g/mol. The Balaban J connectivity index is 1.27. The van der Waals surface area contributed by atoms with Crippen molar-refractivity contribution in [3.05, 3.63) is 23.8 Å². The fourth-order valence-corrected chi connectivity index (χ4v) is 12.5. The van der Waals surface area contributed by atoms with Crippen molar-refractivity contribution in [2.45, 2.75) is 82.2 Å². The predicted molar refractivity (Wildman–Crippen MR) is 163 cm³/mol. The van der Waals surface area contributed by atoms with Gasteiger partial charge in [-0.25, -0.2) is 4.79 Å². The summed E-state index contributed by atoms with van der Waals surface area (Å²) < 4.78 is 42.6. The average molecular weight is 656 g/mol. The van der Waals surface area contributed by atoms with Gasteiger partial charge in [0.15, 0.2) is 11.5 Å². The molecule has 8 rings (SSSR count). The van der Waals surface area contributed by atoms with Crippen molar-refractivity contribution in [1.82, 2.24) is 4.90 Å². The highest BCUT2D eigenvalue weighted by Crippen LogP contribution is 2.81. The van der Waals surface area contributed by atoms with E-state index in [-0.39, 0.29) is 60.4 Å². The zero-order valence-electron chi connectivity index (χ0n) is 27.8. The van der Waals surface area contributed by atoms with Crippen molar-refractivity contribution < 1.29 is 52.6 Å². The molecule has 1 aromatic carbocycles. The highest BCUT2D eigenvalue weighted by atomic mass is 16.6. The van der Waals surface area contributed by atoms with E-state index in [0.717, 1.165) is 6.54 Å². The third-order valence-electron chi connectivity index (χ3n) is 13.5. The summed E-state index contributed by atoms with van der Waals surface area (Å²) in [5.74, 6) is -1.68. The zero-order valence-corrected chi connectivity index (χ0v) is 27.8. The van der Waals surface area contributed by atoms with E-state index in [1.165, 1.54) is 28.1 Å². The minimum absolute atomic E-state index is 0.0244. The molecule has 5 aliphatic carbocycles. The molecule has 7 fully saturated rings. The SMILES string of the molecule is CCN1C[C@@]23CO[C@@H]4[C@H]2[C@@]2(C1[C@@H]4[C@@]1(O)C[C@H](OC(C)=O)[C@H]4C[C@@H]2[C@@H]1[C@H]4OC(=O)c1ccc(OC)c(OC)c1)[C@@H](OC)C[C@H]3OC(C)=O. The molecule has 7 bridgehead atoms. The topological polar surface area (TPSA) is 139 Å². The summed E-state index contributed by atoms with van der Waals surface area (Å²) in [6, 6.07) is 4.81. The van der Waals surface area contributed by atoms with Gasteiger partial charge in [-0.1, -0.05) is 6.92 Å². The average Bonchev–Trinajstić information content (AvgIpc) is 3.64. The molecule has 2 saturated heterocycles. The minimum atomic E-state index is -1.36. The highest BCUT2D eigenvalue weighted by molar-refractivity contribution is 5.90. The number of hydrogen-bond donors (Lipinski definition) is 1. The van der Waals surface area contributed by atoms with Crippen LogP contribution < -0.4 is 9.47 Å². The number of nitrogens with zero attached hydrogens (tertiary/aromatic N) is 1. The van der Waals surface area contributed by atoms with Crippen LogP contribution in [0.15, 0.2) is 18.2 Å². The van der Waals surface area contributed by atoms with E-state index in [0.29, 0.717) is 43.1 Å². The van der Waals surface area contributed by atoms with Crippen LogP contribution in [0.1, 0.15) is 50.4 Å². The second-order valence-corrected chi connectivity index (χ2v) is 14.9. The van der Waals surface area contributed by atoms with Gasteiger partial charge in [0.2, 0.25) is 0 Å². The number of piperidine rings is 1. The summed E-state index contributed by atoms with van der Waals surface area (Å²) in [6.45, 7) is 6.84. The quantitative estimate of drug-likeness (QED) is 0.325. The number of carbonyl (C=O) groups is 3. The molecule has 2 heterocycles. The summed E-state index contributed by atoms with van der Waals surface area (Å²) >= 11 is 0. The summed E-state index contributed by atoms with van der Waals surface area (Å²) in [6.07, 6.45) is -0.998. The third kappa shape index (κ3) is 3.81. The molecule has 0 amide bonds. The van der Waals surface area contributed by atoms with Crippen molar-refractivity contribution in [2.24, 2.45) is 40.4 Å². The lowest BCUT2D eigenvalue weighted by molar-refractivity contribution is -0.293. The molecule has 1 aromatic rings. The van der Waals surface area contributed by atoms with Gasteiger partial charge in [-0.3, -0.25) is 14.5 Å². The Morgan fingerprint density at radius 1 is 0.979 bits per heavy atom. The molecule has 14 atom stereocenters. The Bertz CT molecular complexity index is 1500. The molecule has 5 saturated carbocycles. The number of likely N-dealkylation sites (tertiary alicyclic amines) is 1. The van der Waals surface area contributed by atoms with Crippen LogP contribution in [0.25, 0.3) is 0 Å². The van der Waals surface area contributed by atoms with E-state index < -0.39 is 46.5 Å². The maximum Gasteiger partial charge on any atom is 0.338 e. The number of fused-ring (bicyclic) bond motifs is 3. The van der Waals surface area contributed by atoms with Gasteiger partial charge in [-0.15, -0.1) is 0 Å². The molecule has 1 N–H and O–H groups in total. The van der Waals surface area contributed by atoms with Crippen molar-refractivity contribution >= 4 is 17.9 Å². The van der Waals surface area contributed by atoms with Gasteiger partial charge in [0.25, 0.3) is 0 Å². The molecule has 256 valence electrons. The van der Waals surface area contributed by atoms with Crippen LogP contribution in [0.3, 0.4) is 0 Å². The van der Waals surface area contributed by atoms with Gasteiger partial charge in [-0.05, 0) is 37.1 Å². The number of methoxy groups -OCH3 is 3. The molecule has 12 heteroatoms. The second kappa shape index (κ2) is 10.5. The molecular formula is C35H45NO11. The number of benzene rings is 1. The van der Waals surface area contributed by atoms with Crippen LogP contribution >= 0.6 is 0 Å². The smallest absolute Gasteiger partial charge is 0.338 e. The summed E-state index contributed by atoms with van der Waals surface area (Å²) in [5.41, 5.74) is -1.99. The van der Waals surface area contributed by atoms with E-state index in [4.69, 9.17) is 33.2 Å². The van der Waals surface area contributed by atoms with Crippen LogP contribution in [0.2, 0.25) is 0 Å². The van der Waals surface area contributed by atoms with Gasteiger partial charge in [0.1, 0.15) is 18.3 Å². The Labute approximate surface area is 274 Å². The lowest BCUT2D eigenvalue weighted by atomic mass is 9.43. The minimum Gasteiger partial charge on any atom is -0.493 e. The molecule has 1 unspecified atom stereocenters. The number of hydrogen-bond acceptors (Lipinski definition) is 12. The van der Waals surface area contributed by atoms with E-state index in [1.54, 1.807) is 25.3 Å². The fraction of sp³-hybridized carbons (Fsp3) is 0.743. The fourth-order valence-electron chi connectivity index (χ4n) is 12.5. The summed E-state index contributed by atoms with van der Waals surface area (Å²) in [7, 11) is 4.76. The lowest BCUT2D eigenvalue weighted by Crippen LogP contribution is -2.78. The lowest BCUT2D eigenvalue weighted by Gasteiger charge is -2.69. The highest BCUT2D eigenvalue weighted by Gasteiger charge is 2.90. The van der Waals surface area contributed by atoms with Crippen molar-refractivity contribution in [3.63, 3.8) is 0 Å². The molecule has 7 aliphatic rings. The van der Waals surface area contributed by atoms with E-state index in [1.807, 2.05) is 0 Å². The largest absolute Gasteiger partial charge is 0.493 e. The van der Waals surface area contributed by atoms with Crippen molar-refractivity contribution in [1.29, 1.82) is 0 Å². The van der Waals surface area contributed by atoms with Crippen molar-refractivity contribution in [3.8, 4) is 11.5 Å². The summed E-state index contributed by atoms with van der Waals surface area (Å²) in [4.78, 5) is 41.3.